The largest absolute Gasteiger partial charge is 0.392 e. The lowest BCUT2D eigenvalue weighted by Gasteiger charge is -2.69. The van der Waals surface area contributed by atoms with E-state index < -0.39 is 11.7 Å². The fourth-order valence-electron chi connectivity index (χ4n) is 10.4. The van der Waals surface area contributed by atoms with Crippen molar-refractivity contribution in [2.24, 2.45) is 40.4 Å². The number of methoxy groups -OCH3 is 2. The maximum Gasteiger partial charge on any atom is 0.0771 e. The van der Waals surface area contributed by atoms with Gasteiger partial charge in [-0.15, -0.1) is 0 Å². The summed E-state index contributed by atoms with van der Waals surface area (Å²) < 4.78 is 11.6. The first-order chi connectivity index (χ1) is 13.9. The molecule has 5 aliphatic carbocycles. The number of aliphatic hydroxyl groups is 3. The van der Waals surface area contributed by atoms with Gasteiger partial charge in [0, 0.05) is 61.8 Å². The molecule has 12 atom stereocenters. The molecule has 6 aliphatic rings. The second kappa shape index (κ2) is 5.96. The minimum absolute atomic E-state index is 0.0495. The first-order valence-corrected chi connectivity index (χ1v) is 11.7. The molecule has 1 spiro atoms. The van der Waals surface area contributed by atoms with Crippen molar-refractivity contribution in [1.29, 1.82) is 0 Å². The Morgan fingerprint density at radius 3 is 2.62 bits per heavy atom. The zero-order chi connectivity index (χ0) is 20.3. The van der Waals surface area contributed by atoms with Gasteiger partial charge in [0.05, 0.1) is 30.5 Å². The second-order valence-corrected chi connectivity index (χ2v) is 11.2. The summed E-state index contributed by atoms with van der Waals surface area (Å²) in [5, 5.41) is 35.2. The molecule has 164 valence electrons. The van der Waals surface area contributed by atoms with Crippen molar-refractivity contribution in [3.05, 3.63) is 0 Å². The van der Waals surface area contributed by atoms with Crippen molar-refractivity contribution in [3.8, 4) is 0 Å². The average Bonchev–Trinajstić information content (AvgIpc) is 3.13. The predicted molar refractivity (Wildman–Crippen MR) is 106 cm³/mol. The standard InChI is InChI=1S/C23H37NO5/c1-4-24-10-21(11-28-2)6-5-17(25)23-13-7-12-15(29-3)9-22(27,18(13)19(12)26)14(20(23)24)8-16(21)23/h12-20,25-27H,4-11H2,1-3H3/t12-,13-,14+,15+,16-,17+,18-,19-,20-,21+,22+,23-/m1/s1. The lowest BCUT2D eigenvalue weighted by molar-refractivity contribution is -0.272. The molecule has 0 aromatic heterocycles. The minimum atomic E-state index is -0.901. The van der Waals surface area contributed by atoms with Crippen molar-refractivity contribution in [3.63, 3.8) is 0 Å². The van der Waals surface area contributed by atoms with Crippen LogP contribution in [0.2, 0.25) is 0 Å². The van der Waals surface area contributed by atoms with Crippen LogP contribution in [0.4, 0.5) is 0 Å². The van der Waals surface area contributed by atoms with Crippen LogP contribution < -0.4 is 0 Å². The van der Waals surface area contributed by atoms with E-state index in [2.05, 4.69) is 11.8 Å². The number of likely N-dealkylation sites (tertiary alicyclic amines) is 1. The molecule has 6 fully saturated rings. The van der Waals surface area contributed by atoms with E-state index in [1.807, 2.05) is 0 Å². The van der Waals surface area contributed by atoms with Crippen molar-refractivity contribution >= 4 is 0 Å². The maximum atomic E-state index is 12.2. The molecule has 0 amide bonds. The number of hydrogen-bond acceptors (Lipinski definition) is 6. The topological polar surface area (TPSA) is 82.4 Å². The molecule has 0 unspecified atom stereocenters. The number of rotatable bonds is 4. The fraction of sp³-hybridized carbons (Fsp3) is 1.00. The molecule has 29 heavy (non-hydrogen) atoms. The van der Waals surface area contributed by atoms with Crippen molar-refractivity contribution < 1.29 is 24.8 Å². The van der Waals surface area contributed by atoms with Crippen LogP contribution >= 0.6 is 0 Å². The first-order valence-electron chi connectivity index (χ1n) is 11.7. The number of nitrogens with zero attached hydrogens (tertiary/aromatic N) is 1. The maximum absolute atomic E-state index is 12.2. The van der Waals surface area contributed by atoms with Crippen molar-refractivity contribution in [1.82, 2.24) is 4.90 Å². The molecule has 1 aliphatic heterocycles. The molecule has 1 heterocycles. The highest BCUT2D eigenvalue weighted by atomic mass is 16.5. The highest BCUT2D eigenvalue weighted by molar-refractivity contribution is 5.33. The van der Waals surface area contributed by atoms with E-state index in [0.717, 1.165) is 45.4 Å². The Bertz CT molecular complexity index is 705. The molecule has 5 saturated carbocycles. The second-order valence-electron chi connectivity index (χ2n) is 11.2. The van der Waals surface area contributed by atoms with Gasteiger partial charge >= 0.3 is 0 Å². The Kier molecular flexibility index (Phi) is 4.00. The number of fused-ring (bicyclic) bond motifs is 2. The third kappa shape index (κ3) is 1.93. The molecule has 6 nitrogen and oxygen atoms in total. The van der Waals surface area contributed by atoms with Gasteiger partial charge in [-0.1, -0.05) is 6.92 Å². The van der Waals surface area contributed by atoms with Gasteiger partial charge in [0.2, 0.25) is 0 Å². The first kappa shape index (κ1) is 19.4. The molecule has 0 aromatic rings. The molecular weight excluding hydrogens is 370 g/mol. The van der Waals surface area contributed by atoms with Gasteiger partial charge in [-0.25, -0.2) is 0 Å². The van der Waals surface area contributed by atoms with Crippen LogP contribution in [0, 0.1) is 40.4 Å². The normalized spacial score (nSPS) is 62.5. The third-order valence-corrected chi connectivity index (χ3v) is 10.9. The highest BCUT2D eigenvalue weighted by Gasteiger charge is 2.83. The highest BCUT2D eigenvalue weighted by Crippen LogP contribution is 2.78. The van der Waals surface area contributed by atoms with Crippen LogP contribution in [0.3, 0.4) is 0 Å². The van der Waals surface area contributed by atoms with E-state index in [4.69, 9.17) is 9.47 Å². The van der Waals surface area contributed by atoms with Gasteiger partial charge in [-0.2, -0.15) is 0 Å². The van der Waals surface area contributed by atoms with E-state index in [1.54, 1.807) is 14.2 Å². The van der Waals surface area contributed by atoms with Crippen LogP contribution in [-0.2, 0) is 9.47 Å². The average molecular weight is 408 g/mol. The molecule has 1 saturated heterocycles. The predicted octanol–water partition coefficient (Wildman–Crippen LogP) is 0.877. The van der Waals surface area contributed by atoms with Gasteiger partial charge < -0.3 is 24.8 Å². The number of hydrogen-bond donors (Lipinski definition) is 3. The summed E-state index contributed by atoms with van der Waals surface area (Å²) >= 11 is 0. The van der Waals surface area contributed by atoms with Crippen molar-refractivity contribution in [2.75, 3.05) is 33.9 Å². The summed E-state index contributed by atoms with van der Waals surface area (Å²) in [4.78, 5) is 2.57. The Labute approximate surface area is 173 Å². The Balaban J connectivity index is 1.57. The fourth-order valence-corrected chi connectivity index (χ4v) is 10.4. The minimum Gasteiger partial charge on any atom is -0.392 e. The third-order valence-electron chi connectivity index (χ3n) is 10.9. The lowest BCUT2D eigenvalue weighted by Crippen LogP contribution is -2.76. The summed E-state index contributed by atoms with van der Waals surface area (Å²) in [5.74, 6) is 0.553. The van der Waals surface area contributed by atoms with E-state index >= 15 is 0 Å². The van der Waals surface area contributed by atoms with Gasteiger partial charge in [0.15, 0.2) is 0 Å². The molecule has 3 N–H and O–H groups in total. The molecule has 0 radical (unpaired) electrons. The SMILES string of the molecule is CCN1C[C@]2(COC)CC[C@H](O)[C@@]34[C@@H]5C[C@H]6[C@@H](O)[C@@H]5[C@](O)(C[C@@H]6OC)[C@@H](C[C@H]23)[C@@H]14. The Morgan fingerprint density at radius 1 is 1.14 bits per heavy atom. The summed E-state index contributed by atoms with van der Waals surface area (Å²) in [6.07, 6.45) is 3.27. The zero-order valence-corrected chi connectivity index (χ0v) is 18.0. The van der Waals surface area contributed by atoms with Gasteiger partial charge in [-0.3, -0.25) is 4.90 Å². The molecular formula is C23H37NO5. The smallest absolute Gasteiger partial charge is 0.0771 e. The Hall–Kier alpha value is -0.240. The number of piperidine rings is 1. The molecule has 0 aromatic carbocycles. The number of aliphatic hydroxyl groups excluding tert-OH is 2. The van der Waals surface area contributed by atoms with Crippen LogP contribution in [0.25, 0.3) is 0 Å². The van der Waals surface area contributed by atoms with Crippen LogP contribution in [0.1, 0.15) is 39.0 Å². The van der Waals surface area contributed by atoms with E-state index in [1.165, 1.54) is 0 Å². The zero-order valence-electron chi connectivity index (χ0n) is 18.0. The summed E-state index contributed by atoms with van der Waals surface area (Å²) in [5.41, 5.74) is -1.08. The molecule has 7 bridgehead atoms. The van der Waals surface area contributed by atoms with Crippen LogP contribution in [0.5, 0.6) is 0 Å². The summed E-state index contributed by atoms with van der Waals surface area (Å²) in [6.45, 7) is 4.88. The molecule has 6 heteroatoms. The quantitative estimate of drug-likeness (QED) is 0.642. The summed E-state index contributed by atoms with van der Waals surface area (Å²) in [6, 6.07) is 0.200. The monoisotopic (exact) mass is 407 g/mol. The summed E-state index contributed by atoms with van der Waals surface area (Å²) in [7, 11) is 3.52. The van der Waals surface area contributed by atoms with Gasteiger partial charge in [-0.05, 0) is 44.1 Å². The Morgan fingerprint density at radius 2 is 1.93 bits per heavy atom. The van der Waals surface area contributed by atoms with E-state index in [-0.39, 0.29) is 52.8 Å². The van der Waals surface area contributed by atoms with Gasteiger partial charge in [0.25, 0.3) is 0 Å². The molecule has 6 rings (SSSR count). The van der Waals surface area contributed by atoms with E-state index in [0.29, 0.717) is 12.3 Å². The van der Waals surface area contributed by atoms with Crippen LogP contribution in [0.15, 0.2) is 0 Å². The number of ether oxygens (including phenoxy) is 2. The van der Waals surface area contributed by atoms with Crippen molar-refractivity contribution in [2.45, 2.75) is 69.0 Å². The van der Waals surface area contributed by atoms with E-state index in [9.17, 15) is 15.3 Å². The van der Waals surface area contributed by atoms with Crippen LogP contribution in [-0.4, -0.2) is 84.1 Å². The lowest BCUT2D eigenvalue weighted by atomic mass is 9.43. The van der Waals surface area contributed by atoms with Gasteiger partial charge in [0.1, 0.15) is 0 Å².